The maximum atomic E-state index is 13.2. The number of piperidine rings is 1. The lowest BCUT2D eigenvalue weighted by Gasteiger charge is -2.40. The molecule has 2 aliphatic heterocycles. The summed E-state index contributed by atoms with van der Waals surface area (Å²) in [6.07, 6.45) is 1.47. The Morgan fingerprint density at radius 1 is 0.941 bits per heavy atom. The fraction of sp³-hybridized carbons (Fsp3) is 0.310. The van der Waals surface area contributed by atoms with Gasteiger partial charge in [0.05, 0.1) is 11.5 Å². The fourth-order valence-electron chi connectivity index (χ4n) is 5.36. The van der Waals surface area contributed by atoms with Gasteiger partial charge in [-0.05, 0) is 61.2 Å². The van der Waals surface area contributed by atoms with Crippen molar-refractivity contribution in [1.29, 1.82) is 0 Å². The molecule has 0 radical (unpaired) electrons. The fourth-order valence-corrected chi connectivity index (χ4v) is 5.36. The molecule has 5 rings (SSSR count). The molecule has 5 heteroatoms. The van der Waals surface area contributed by atoms with E-state index in [1.807, 2.05) is 86.8 Å². The van der Waals surface area contributed by atoms with Gasteiger partial charge in [0.25, 0.3) is 0 Å². The number of carbonyl (C=O) groups excluding carboxylic acids is 2. The van der Waals surface area contributed by atoms with E-state index in [9.17, 15) is 9.59 Å². The number of benzene rings is 3. The van der Waals surface area contributed by atoms with Crippen LogP contribution in [0.4, 0.5) is 5.69 Å². The van der Waals surface area contributed by atoms with Crippen molar-refractivity contribution in [2.45, 2.75) is 37.8 Å². The number of para-hydroxylation sites is 1. The van der Waals surface area contributed by atoms with Gasteiger partial charge in [0.15, 0.2) is 5.78 Å². The minimum atomic E-state index is -0.456. The molecule has 1 spiro atoms. The highest BCUT2D eigenvalue weighted by molar-refractivity contribution is 6.08. The van der Waals surface area contributed by atoms with Crippen molar-refractivity contribution in [3.8, 4) is 5.75 Å². The van der Waals surface area contributed by atoms with Gasteiger partial charge < -0.3 is 9.64 Å². The van der Waals surface area contributed by atoms with Crippen molar-refractivity contribution in [3.05, 3.63) is 95.6 Å². The van der Waals surface area contributed by atoms with E-state index in [1.165, 1.54) is 0 Å². The smallest absolute Gasteiger partial charge is 0.237 e. The quantitative estimate of drug-likeness (QED) is 0.500. The third-order valence-electron chi connectivity index (χ3n) is 7.46. The van der Waals surface area contributed by atoms with Crippen LogP contribution in [0, 0.1) is 0 Å². The molecule has 5 nitrogen and oxygen atoms in total. The Kier molecular flexibility index (Phi) is 5.96. The van der Waals surface area contributed by atoms with Gasteiger partial charge in [-0.1, -0.05) is 48.5 Å². The summed E-state index contributed by atoms with van der Waals surface area (Å²) in [6, 6.07) is 25.3. The van der Waals surface area contributed by atoms with E-state index in [0.717, 1.165) is 48.5 Å². The Labute approximate surface area is 201 Å². The van der Waals surface area contributed by atoms with Gasteiger partial charge in [0.1, 0.15) is 12.4 Å². The first kappa shape index (κ1) is 22.4. The number of ketones is 1. The second-order valence-corrected chi connectivity index (χ2v) is 9.34. The summed E-state index contributed by atoms with van der Waals surface area (Å²) < 4.78 is 5.85. The highest BCUT2D eigenvalue weighted by Gasteiger charge is 2.51. The van der Waals surface area contributed by atoms with Crippen molar-refractivity contribution in [2.24, 2.45) is 0 Å². The van der Waals surface area contributed by atoms with E-state index in [1.54, 1.807) is 4.90 Å². The van der Waals surface area contributed by atoms with Crippen molar-refractivity contribution in [3.63, 3.8) is 0 Å². The molecule has 0 aromatic heterocycles. The summed E-state index contributed by atoms with van der Waals surface area (Å²) in [5, 5.41) is 0. The molecule has 3 aromatic carbocycles. The molecular formula is C29H30N2O3. The summed E-state index contributed by atoms with van der Waals surface area (Å²) in [7, 11) is 1.86. The number of rotatable bonds is 6. The highest BCUT2D eigenvalue weighted by Crippen LogP contribution is 2.47. The third-order valence-corrected chi connectivity index (χ3v) is 7.46. The number of nitrogens with zero attached hydrogens (tertiary/aromatic N) is 2. The monoisotopic (exact) mass is 454 g/mol. The maximum absolute atomic E-state index is 13.2. The average molecular weight is 455 g/mol. The summed E-state index contributed by atoms with van der Waals surface area (Å²) in [6.45, 7) is 3.91. The molecule has 174 valence electrons. The highest BCUT2D eigenvalue weighted by atomic mass is 16.5. The van der Waals surface area contributed by atoms with Gasteiger partial charge in [0, 0.05) is 31.4 Å². The average Bonchev–Trinajstić information content (AvgIpc) is 3.10. The van der Waals surface area contributed by atoms with E-state index in [4.69, 9.17) is 4.74 Å². The van der Waals surface area contributed by atoms with Crippen LogP contribution in [-0.2, 0) is 16.8 Å². The topological polar surface area (TPSA) is 49.9 Å². The van der Waals surface area contributed by atoms with Crippen LogP contribution in [0.25, 0.3) is 0 Å². The minimum absolute atomic E-state index is 0.0980. The molecule has 1 unspecified atom stereocenters. The van der Waals surface area contributed by atoms with E-state index in [-0.39, 0.29) is 17.7 Å². The molecular weight excluding hydrogens is 424 g/mol. The van der Waals surface area contributed by atoms with Crippen molar-refractivity contribution >= 4 is 17.4 Å². The first-order valence-corrected chi connectivity index (χ1v) is 11.9. The first-order valence-electron chi connectivity index (χ1n) is 11.9. The van der Waals surface area contributed by atoms with Gasteiger partial charge in [0.2, 0.25) is 5.91 Å². The van der Waals surface area contributed by atoms with Crippen molar-refractivity contribution < 1.29 is 14.3 Å². The zero-order chi connectivity index (χ0) is 23.7. The normalized spacial score (nSPS) is 18.1. The van der Waals surface area contributed by atoms with E-state index >= 15 is 0 Å². The van der Waals surface area contributed by atoms with E-state index in [2.05, 4.69) is 11.0 Å². The van der Waals surface area contributed by atoms with Crippen LogP contribution < -0.4 is 9.64 Å². The van der Waals surface area contributed by atoms with Crippen LogP contribution in [0.2, 0.25) is 0 Å². The lowest BCUT2D eigenvalue weighted by atomic mass is 9.73. The molecule has 1 fully saturated rings. The van der Waals surface area contributed by atoms with Crippen LogP contribution in [0.5, 0.6) is 5.75 Å². The zero-order valence-corrected chi connectivity index (χ0v) is 19.7. The molecule has 0 N–H and O–H groups in total. The van der Waals surface area contributed by atoms with Crippen molar-refractivity contribution in [2.75, 3.05) is 25.0 Å². The second kappa shape index (κ2) is 9.07. The predicted molar refractivity (Wildman–Crippen MR) is 133 cm³/mol. The zero-order valence-electron chi connectivity index (χ0n) is 19.7. The summed E-state index contributed by atoms with van der Waals surface area (Å²) in [5.74, 6) is 1.02. The Morgan fingerprint density at radius 2 is 1.59 bits per heavy atom. The Morgan fingerprint density at radius 3 is 2.29 bits per heavy atom. The predicted octanol–water partition coefficient (Wildman–Crippen LogP) is 4.85. The van der Waals surface area contributed by atoms with Gasteiger partial charge in [-0.25, -0.2) is 0 Å². The largest absolute Gasteiger partial charge is 0.489 e. The molecule has 1 amide bonds. The van der Waals surface area contributed by atoms with Crippen LogP contribution in [0.1, 0.15) is 41.3 Å². The Bertz CT molecular complexity index is 1180. The van der Waals surface area contributed by atoms with E-state index < -0.39 is 5.41 Å². The Hall–Kier alpha value is -3.44. The number of Topliss-reactive ketones (excluding diaryl/α,β-unsaturated/α-hetero) is 1. The summed E-state index contributed by atoms with van der Waals surface area (Å²) in [4.78, 5) is 30.4. The number of hydrogen-bond donors (Lipinski definition) is 0. The molecule has 2 heterocycles. The maximum Gasteiger partial charge on any atom is 0.237 e. The number of amides is 1. The number of likely N-dealkylation sites (tertiary alicyclic amines) is 1. The number of likely N-dealkylation sites (N-methyl/N-ethyl adjacent to an activating group) is 1. The molecule has 0 saturated carbocycles. The van der Waals surface area contributed by atoms with Crippen LogP contribution in [0.3, 0.4) is 0 Å². The SMILES string of the molecule is CC(C(=O)c1ccc(OCc2ccccc2)cc1)N1CCC2(CC1)C(=O)N(C)c1ccccc12. The number of anilines is 1. The lowest BCUT2D eigenvalue weighted by Crippen LogP contribution is -2.51. The minimum Gasteiger partial charge on any atom is -0.489 e. The summed E-state index contributed by atoms with van der Waals surface area (Å²) in [5.41, 5.74) is 3.48. The molecule has 1 atom stereocenters. The van der Waals surface area contributed by atoms with Crippen LogP contribution in [-0.4, -0.2) is 42.8 Å². The van der Waals surface area contributed by atoms with Gasteiger partial charge in [-0.15, -0.1) is 0 Å². The number of fused-ring (bicyclic) bond motifs is 2. The molecule has 2 aliphatic rings. The van der Waals surface area contributed by atoms with E-state index in [0.29, 0.717) is 12.2 Å². The molecule has 0 aliphatic carbocycles. The second-order valence-electron chi connectivity index (χ2n) is 9.34. The molecule has 3 aromatic rings. The lowest BCUT2D eigenvalue weighted by molar-refractivity contribution is -0.124. The molecule has 0 bridgehead atoms. The Balaban J connectivity index is 1.22. The van der Waals surface area contributed by atoms with Crippen molar-refractivity contribution in [1.82, 2.24) is 4.90 Å². The summed E-state index contributed by atoms with van der Waals surface area (Å²) >= 11 is 0. The number of hydrogen-bond acceptors (Lipinski definition) is 4. The molecule has 34 heavy (non-hydrogen) atoms. The van der Waals surface area contributed by atoms with Gasteiger partial charge in [-0.2, -0.15) is 0 Å². The van der Waals surface area contributed by atoms with Crippen LogP contribution in [0.15, 0.2) is 78.9 Å². The van der Waals surface area contributed by atoms with Crippen LogP contribution >= 0.6 is 0 Å². The number of ether oxygens (including phenoxy) is 1. The number of carbonyl (C=O) groups is 2. The van der Waals surface area contributed by atoms with Gasteiger partial charge >= 0.3 is 0 Å². The first-order chi connectivity index (χ1) is 16.5. The van der Waals surface area contributed by atoms with Gasteiger partial charge in [-0.3, -0.25) is 14.5 Å². The molecule has 1 saturated heterocycles. The standard InChI is InChI=1S/C29H30N2O3/c1-21(27(32)23-12-14-24(15-13-23)34-20-22-8-4-3-5-9-22)31-18-16-29(17-19-31)25-10-6-7-11-26(25)30(2)28(29)33/h3-15,21H,16-20H2,1-2H3. The third kappa shape index (κ3) is 3.90.